The minimum atomic E-state index is -1.35. The van der Waals surface area contributed by atoms with Crippen LogP contribution < -0.4 is 0 Å². The molecule has 0 heterocycles. The van der Waals surface area contributed by atoms with Gasteiger partial charge in [0, 0.05) is 12.8 Å². The summed E-state index contributed by atoms with van der Waals surface area (Å²) in [5.41, 5.74) is -0.0799. The van der Waals surface area contributed by atoms with Gasteiger partial charge in [-0.1, -0.05) is 13.8 Å². The number of fused-ring (bicyclic) bond motifs is 5. The van der Waals surface area contributed by atoms with Gasteiger partial charge in [0.25, 0.3) is 0 Å². The highest BCUT2D eigenvalue weighted by atomic mass is 16.4. The zero-order chi connectivity index (χ0) is 21.1. The van der Waals surface area contributed by atoms with Gasteiger partial charge in [-0.25, -0.2) is 4.79 Å². The van der Waals surface area contributed by atoms with Crippen molar-refractivity contribution in [2.24, 2.45) is 46.3 Å². The highest BCUT2D eigenvalue weighted by Gasteiger charge is 2.63. The zero-order valence-electron chi connectivity index (χ0n) is 17.5. The van der Waals surface area contributed by atoms with Gasteiger partial charge in [-0.3, -0.25) is 9.59 Å². The predicted molar refractivity (Wildman–Crippen MR) is 105 cm³/mol. The largest absolute Gasteiger partial charge is 0.481 e. The lowest BCUT2D eigenvalue weighted by molar-refractivity contribution is -0.173. The third-order valence-corrected chi connectivity index (χ3v) is 9.84. The van der Waals surface area contributed by atoms with E-state index in [2.05, 4.69) is 13.8 Å². The molecule has 3 N–H and O–H groups in total. The van der Waals surface area contributed by atoms with Gasteiger partial charge in [0.15, 0.2) is 6.10 Å². The molecule has 162 valence electrons. The number of aliphatic carboxylic acids is 2. The van der Waals surface area contributed by atoms with Gasteiger partial charge in [-0.2, -0.15) is 0 Å². The lowest BCUT2D eigenvalue weighted by Crippen LogP contribution is -2.58. The third-order valence-electron chi connectivity index (χ3n) is 9.84. The molecule has 0 aromatic rings. The van der Waals surface area contributed by atoms with Crippen LogP contribution in [-0.2, 0) is 14.4 Å². The van der Waals surface area contributed by atoms with Crippen molar-refractivity contribution in [3.8, 4) is 0 Å². The van der Waals surface area contributed by atoms with Gasteiger partial charge in [0.1, 0.15) is 5.78 Å². The van der Waals surface area contributed by atoms with E-state index in [0.29, 0.717) is 25.2 Å². The Balaban J connectivity index is 1.65. The first-order valence-corrected chi connectivity index (χ1v) is 11.2. The Hall–Kier alpha value is -1.43. The number of hydrogen-bond acceptors (Lipinski definition) is 4. The molecular weight excluding hydrogens is 372 g/mol. The highest BCUT2D eigenvalue weighted by molar-refractivity contribution is 5.80. The van der Waals surface area contributed by atoms with Crippen molar-refractivity contribution in [3.05, 3.63) is 0 Å². The second kappa shape index (κ2) is 7.07. The molecule has 0 aromatic carbocycles. The molecule has 4 rings (SSSR count). The molecule has 0 saturated heterocycles. The minimum absolute atomic E-state index is 0.0323. The fraction of sp³-hybridized carbons (Fsp3) is 0.870. The number of carboxylic acids is 2. The van der Waals surface area contributed by atoms with E-state index in [1.807, 2.05) is 0 Å². The quantitative estimate of drug-likeness (QED) is 0.660. The SMILES string of the molecule is C[C@]12CC[C@H]3[C@@H]([C@H](C(=O)O)CC4CC(=O)CC[C@@]43C)[C@@H]1CC[C@H]2CC(O)C(=O)O. The van der Waals surface area contributed by atoms with E-state index < -0.39 is 24.0 Å². The van der Waals surface area contributed by atoms with E-state index >= 15 is 0 Å². The molecule has 9 atom stereocenters. The van der Waals surface area contributed by atoms with Crippen molar-refractivity contribution < 1.29 is 29.7 Å². The molecule has 0 aliphatic heterocycles. The van der Waals surface area contributed by atoms with Crippen molar-refractivity contribution in [2.75, 3.05) is 0 Å². The van der Waals surface area contributed by atoms with Crippen molar-refractivity contribution in [3.63, 3.8) is 0 Å². The fourth-order valence-electron chi connectivity index (χ4n) is 8.18. The van der Waals surface area contributed by atoms with Crippen LogP contribution in [0.4, 0.5) is 0 Å². The number of carbonyl (C=O) groups is 3. The van der Waals surface area contributed by atoms with Gasteiger partial charge < -0.3 is 15.3 Å². The molecule has 4 fully saturated rings. The van der Waals surface area contributed by atoms with Gasteiger partial charge >= 0.3 is 11.9 Å². The molecule has 4 aliphatic rings. The van der Waals surface area contributed by atoms with E-state index in [1.165, 1.54) is 0 Å². The highest BCUT2D eigenvalue weighted by Crippen LogP contribution is 2.68. The number of rotatable bonds is 4. The van der Waals surface area contributed by atoms with Crippen LogP contribution in [0.25, 0.3) is 0 Å². The maximum absolute atomic E-state index is 12.3. The summed E-state index contributed by atoms with van der Waals surface area (Å²) in [7, 11) is 0. The van der Waals surface area contributed by atoms with Crippen molar-refractivity contribution in [1.82, 2.24) is 0 Å². The van der Waals surface area contributed by atoms with Gasteiger partial charge in [-0.05, 0) is 85.4 Å². The summed E-state index contributed by atoms with van der Waals surface area (Å²) >= 11 is 0. The summed E-state index contributed by atoms with van der Waals surface area (Å²) in [6.07, 6.45) is 5.19. The number of carbonyl (C=O) groups excluding carboxylic acids is 1. The van der Waals surface area contributed by atoms with Crippen molar-refractivity contribution in [1.29, 1.82) is 0 Å². The Kier molecular flexibility index (Phi) is 5.08. The molecule has 4 saturated carbocycles. The third kappa shape index (κ3) is 3.13. The van der Waals surface area contributed by atoms with Crippen LogP contribution in [0.3, 0.4) is 0 Å². The van der Waals surface area contributed by atoms with Crippen molar-refractivity contribution >= 4 is 17.7 Å². The maximum atomic E-state index is 12.3. The van der Waals surface area contributed by atoms with Gasteiger partial charge in [0.2, 0.25) is 0 Å². The molecule has 2 unspecified atom stereocenters. The van der Waals surface area contributed by atoms with E-state index in [-0.39, 0.29) is 46.7 Å². The van der Waals surface area contributed by atoms with Gasteiger partial charge in [0.05, 0.1) is 5.92 Å². The molecule has 6 nitrogen and oxygen atoms in total. The number of aliphatic hydroxyl groups excluding tert-OH is 1. The monoisotopic (exact) mass is 406 g/mol. The second-order valence-electron chi connectivity index (χ2n) is 10.8. The normalized spacial score (nSPS) is 47.6. The van der Waals surface area contributed by atoms with Crippen LogP contribution in [0, 0.1) is 46.3 Å². The Bertz CT molecular complexity index is 718. The summed E-state index contributed by atoms with van der Waals surface area (Å²) in [5.74, 6) is -1.11. The van der Waals surface area contributed by atoms with Crippen LogP contribution in [0.1, 0.15) is 71.6 Å². The number of hydrogen-bond donors (Lipinski definition) is 3. The Morgan fingerprint density at radius 3 is 2.41 bits per heavy atom. The number of carboxylic acid groups (broad SMARTS) is 2. The molecule has 4 aliphatic carbocycles. The van der Waals surface area contributed by atoms with Gasteiger partial charge in [-0.15, -0.1) is 0 Å². The predicted octanol–water partition coefficient (Wildman–Crippen LogP) is 3.36. The summed E-state index contributed by atoms with van der Waals surface area (Å²) in [4.78, 5) is 35.6. The first-order valence-electron chi connectivity index (χ1n) is 11.2. The molecule has 0 bridgehead atoms. The van der Waals surface area contributed by atoms with Crippen LogP contribution in [-0.4, -0.2) is 39.1 Å². The lowest BCUT2D eigenvalue weighted by atomic mass is 9.42. The van der Waals surface area contributed by atoms with Crippen LogP contribution in [0.5, 0.6) is 0 Å². The summed E-state index contributed by atoms with van der Waals surface area (Å²) in [5, 5.41) is 29.2. The number of aliphatic hydroxyl groups is 1. The summed E-state index contributed by atoms with van der Waals surface area (Å²) < 4.78 is 0. The van der Waals surface area contributed by atoms with E-state index in [4.69, 9.17) is 5.11 Å². The first kappa shape index (κ1) is 20.8. The smallest absolute Gasteiger partial charge is 0.332 e. The molecule has 0 aromatic heterocycles. The summed E-state index contributed by atoms with van der Waals surface area (Å²) in [6, 6.07) is 0. The Morgan fingerprint density at radius 1 is 1.07 bits per heavy atom. The molecule has 0 spiro atoms. The first-order chi connectivity index (χ1) is 13.6. The molecular formula is C23H34O6. The maximum Gasteiger partial charge on any atom is 0.332 e. The summed E-state index contributed by atoms with van der Waals surface area (Å²) in [6.45, 7) is 4.50. The lowest BCUT2D eigenvalue weighted by Gasteiger charge is -2.61. The molecule has 6 heteroatoms. The van der Waals surface area contributed by atoms with Crippen molar-refractivity contribution in [2.45, 2.75) is 77.7 Å². The van der Waals surface area contributed by atoms with E-state index in [1.54, 1.807) is 0 Å². The van der Waals surface area contributed by atoms with Crippen LogP contribution in [0.2, 0.25) is 0 Å². The zero-order valence-corrected chi connectivity index (χ0v) is 17.5. The standard InChI is InChI=1S/C23H34O6/c1-22-8-6-17-19(16(22)4-3-12(22)11-18(25)21(28)29)15(20(26)27)10-13-9-14(24)5-7-23(13,17)2/h12-13,15-19,25H,3-11H2,1-2H3,(H,26,27)(H,28,29)/t12-,13?,15+,16-,17-,18?,19-,22+,23-/m0/s1. The minimum Gasteiger partial charge on any atom is -0.481 e. The fourth-order valence-corrected chi connectivity index (χ4v) is 8.18. The number of ketones is 1. The average molecular weight is 407 g/mol. The van der Waals surface area contributed by atoms with E-state index in [0.717, 1.165) is 32.1 Å². The topological polar surface area (TPSA) is 112 Å². The molecule has 29 heavy (non-hydrogen) atoms. The van der Waals surface area contributed by atoms with Crippen LogP contribution >= 0.6 is 0 Å². The van der Waals surface area contributed by atoms with E-state index in [9.17, 15) is 24.6 Å². The number of Topliss-reactive ketones (excluding diaryl/α,β-unsaturated/α-hetero) is 1. The van der Waals surface area contributed by atoms with Crippen LogP contribution in [0.15, 0.2) is 0 Å². The second-order valence-corrected chi connectivity index (χ2v) is 10.8. The Morgan fingerprint density at radius 2 is 1.76 bits per heavy atom. The molecule has 0 amide bonds. The molecule has 0 radical (unpaired) electrons. The average Bonchev–Trinajstić information content (AvgIpc) is 2.98. The Labute approximate surface area is 172 Å².